The van der Waals surface area contributed by atoms with Gasteiger partial charge in [-0.3, -0.25) is 4.90 Å². The van der Waals surface area contributed by atoms with E-state index in [4.69, 9.17) is 27.9 Å². The fraction of sp³-hybridized carbons (Fsp3) is 0.440. The summed E-state index contributed by atoms with van der Waals surface area (Å²) in [5, 5.41) is 1.29. The number of unbranched alkanes of at least 4 members (excludes halogenated alkanes) is 1. The second-order valence-electron chi connectivity index (χ2n) is 8.31. The van der Waals surface area contributed by atoms with Crippen LogP contribution in [0.4, 0.5) is 5.69 Å². The second kappa shape index (κ2) is 10.1. The minimum absolute atomic E-state index is 0.625. The molecule has 0 amide bonds. The van der Waals surface area contributed by atoms with Crippen LogP contribution in [-0.4, -0.2) is 44.2 Å². The molecule has 0 unspecified atom stereocenters. The molecule has 5 heteroatoms. The lowest BCUT2D eigenvalue weighted by Crippen LogP contribution is -2.46. The monoisotopic (exact) mass is 444 g/mol. The summed E-state index contributed by atoms with van der Waals surface area (Å²) in [4.78, 5) is 4.86. The predicted octanol–water partition coefficient (Wildman–Crippen LogP) is 6.02. The Balaban J connectivity index is 1.15. The van der Waals surface area contributed by atoms with Gasteiger partial charge in [0.25, 0.3) is 0 Å². The van der Waals surface area contributed by atoms with Crippen molar-refractivity contribution in [1.82, 2.24) is 4.90 Å². The molecule has 1 heterocycles. The Morgan fingerprint density at radius 2 is 1.77 bits per heavy atom. The van der Waals surface area contributed by atoms with Crippen LogP contribution in [0, 0.1) is 0 Å². The molecule has 0 N–H and O–H groups in total. The summed E-state index contributed by atoms with van der Waals surface area (Å²) in [6.07, 6.45) is 5.46. The zero-order chi connectivity index (χ0) is 20.9. The Morgan fingerprint density at radius 3 is 2.60 bits per heavy atom. The number of ether oxygens (including phenoxy) is 1. The number of fused-ring (bicyclic) bond motifs is 1. The van der Waals surface area contributed by atoms with E-state index in [1.165, 1.54) is 16.7 Å². The van der Waals surface area contributed by atoms with E-state index in [0.29, 0.717) is 10.0 Å². The summed E-state index contributed by atoms with van der Waals surface area (Å²) in [7, 11) is 0. The van der Waals surface area contributed by atoms with Crippen molar-refractivity contribution in [2.24, 2.45) is 0 Å². The maximum Gasteiger partial charge on any atom is 0.119 e. The first kappa shape index (κ1) is 21.5. The summed E-state index contributed by atoms with van der Waals surface area (Å²) in [5.74, 6) is 0.996. The number of anilines is 1. The van der Waals surface area contributed by atoms with Gasteiger partial charge in [-0.05, 0) is 74.0 Å². The third-order valence-electron chi connectivity index (χ3n) is 6.15. The van der Waals surface area contributed by atoms with E-state index < -0.39 is 0 Å². The van der Waals surface area contributed by atoms with E-state index in [2.05, 4.69) is 40.6 Å². The van der Waals surface area contributed by atoms with Gasteiger partial charge in [0.2, 0.25) is 0 Å². The maximum atomic E-state index is 6.37. The van der Waals surface area contributed by atoms with E-state index in [-0.39, 0.29) is 0 Å². The molecule has 30 heavy (non-hydrogen) atoms. The molecule has 0 radical (unpaired) electrons. The SMILES string of the molecule is C=C1CCc2ccc(OCCCCN3CCN(c4cccc(Cl)c4Cl)CC3)cc2C1. The average molecular weight is 445 g/mol. The predicted molar refractivity (Wildman–Crippen MR) is 127 cm³/mol. The largest absolute Gasteiger partial charge is 0.494 e. The van der Waals surface area contributed by atoms with Crippen LogP contribution in [0.1, 0.15) is 30.4 Å². The normalized spacial score (nSPS) is 17.1. The molecule has 2 aliphatic rings. The molecule has 1 aliphatic heterocycles. The number of aryl methyl sites for hydroxylation is 1. The molecule has 1 aliphatic carbocycles. The highest BCUT2D eigenvalue weighted by Crippen LogP contribution is 2.33. The van der Waals surface area contributed by atoms with E-state index in [1.807, 2.05) is 12.1 Å². The topological polar surface area (TPSA) is 15.7 Å². The van der Waals surface area contributed by atoms with Crippen LogP contribution < -0.4 is 9.64 Å². The third-order valence-corrected chi connectivity index (χ3v) is 6.96. The Hall–Kier alpha value is -1.68. The van der Waals surface area contributed by atoms with E-state index in [1.54, 1.807) is 0 Å². The summed E-state index contributed by atoms with van der Waals surface area (Å²) >= 11 is 12.5. The lowest BCUT2D eigenvalue weighted by Gasteiger charge is -2.36. The van der Waals surface area contributed by atoms with Crippen LogP contribution >= 0.6 is 23.2 Å². The van der Waals surface area contributed by atoms with Crippen LogP contribution in [0.3, 0.4) is 0 Å². The highest BCUT2D eigenvalue weighted by Gasteiger charge is 2.19. The van der Waals surface area contributed by atoms with Crippen LogP contribution in [0.25, 0.3) is 0 Å². The van der Waals surface area contributed by atoms with Crippen molar-refractivity contribution < 1.29 is 4.74 Å². The molecular formula is C25H30Cl2N2O. The van der Waals surface area contributed by atoms with Crippen molar-refractivity contribution >= 4 is 28.9 Å². The number of nitrogens with zero attached hydrogens (tertiary/aromatic N) is 2. The molecule has 4 rings (SSSR count). The molecule has 0 bridgehead atoms. The van der Waals surface area contributed by atoms with Crippen molar-refractivity contribution in [3.05, 3.63) is 69.7 Å². The molecule has 160 valence electrons. The van der Waals surface area contributed by atoms with Crippen LogP contribution in [0.5, 0.6) is 5.75 Å². The third kappa shape index (κ3) is 5.32. The average Bonchev–Trinajstić information content (AvgIpc) is 2.76. The summed E-state index contributed by atoms with van der Waals surface area (Å²) in [5.41, 5.74) is 5.22. The molecule has 2 aromatic rings. The van der Waals surface area contributed by atoms with Crippen LogP contribution in [0.15, 0.2) is 48.6 Å². The number of allylic oxidation sites excluding steroid dienone is 1. The summed E-state index contributed by atoms with van der Waals surface area (Å²) < 4.78 is 6.01. The Morgan fingerprint density at radius 1 is 0.933 bits per heavy atom. The molecule has 0 atom stereocenters. The number of halogens is 2. The number of hydrogen-bond donors (Lipinski definition) is 0. The fourth-order valence-corrected chi connectivity index (χ4v) is 4.76. The zero-order valence-corrected chi connectivity index (χ0v) is 19.0. The molecule has 0 aromatic heterocycles. The molecule has 3 nitrogen and oxygen atoms in total. The van der Waals surface area contributed by atoms with Gasteiger partial charge in [0.1, 0.15) is 5.75 Å². The van der Waals surface area contributed by atoms with Gasteiger partial charge < -0.3 is 9.64 Å². The number of benzene rings is 2. The fourth-order valence-electron chi connectivity index (χ4n) is 4.35. The van der Waals surface area contributed by atoms with Gasteiger partial charge in [-0.15, -0.1) is 0 Å². The Kier molecular flexibility index (Phi) is 7.24. The van der Waals surface area contributed by atoms with E-state index >= 15 is 0 Å². The minimum Gasteiger partial charge on any atom is -0.494 e. The highest BCUT2D eigenvalue weighted by atomic mass is 35.5. The summed E-state index contributed by atoms with van der Waals surface area (Å²) in [6, 6.07) is 12.4. The van der Waals surface area contributed by atoms with Gasteiger partial charge in [0.15, 0.2) is 0 Å². The smallest absolute Gasteiger partial charge is 0.119 e. The quantitative estimate of drug-likeness (QED) is 0.383. The van der Waals surface area contributed by atoms with Crippen LogP contribution in [0.2, 0.25) is 10.0 Å². The number of rotatable bonds is 7. The summed E-state index contributed by atoms with van der Waals surface area (Å²) in [6.45, 7) is 10.1. The van der Waals surface area contributed by atoms with Gasteiger partial charge in [-0.25, -0.2) is 0 Å². The van der Waals surface area contributed by atoms with E-state index in [9.17, 15) is 0 Å². The molecule has 0 spiro atoms. The van der Waals surface area contributed by atoms with Crippen molar-refractivity contribution in [3.8, 4) is 5.75 Å². The van der Waals surface area contributed by atoms with Crippen molar-refractivity contribution in [3.63, 3.8) is 0 Å². The lowest BCUT2D eigenvalue weighted by atomic mass is 9.89. The molecule has 1 saturated heterocycles. The lowest BCUT2D eigenvalue weighted by molar-refractivity contribution is 0.238. The maximum absolute atomic E-state index is 6.37. The first-order valence-corrected chi connectivity index (χ1v) is 11.7. The van der Waals surface area contributed by atoms with Crippen molar-refractivity contribution in [2.45, 2.75) is 32.1 Å². The Bertz CT molecular complexity index is 891. The first-order chi connectivity index (χ1) is 14.6. The first-order valence-electron chi connectivity index (χ1n) is 10.9. The van der Waals surface area contributed by atoms with Gasteiger partial charge in [0, 0.05) is 26.2 Å². The number of hydrogen-bond acceptors (Lipinski definition) is 3. The molecule has 0 saturated carbocycles. The molecule has 2 aromatic carbocycles. The van der Waals surface area contributed by atoms with Crippen LogP contribution in [-0.2, 0) is 12.8 Å². The van der Waals surface area contributed by atoms with Gasteiger partial charge in [0.05, 0.1) is 22.3 Å². The van der Waals surface area contributed by atoms with Crippen molar-refractivity contribution in [2.75, 3.05) is 44.2 Å². The highest BCUT2D eigenvalue weighted by molar-refractivity contribution is 6.43. The minimum atomic E-state index is 0.625. The standard InChI is InChI=1S/C25H30Cl2N2O/c1-19-7-8-20-9-10-22(18-21(20)17-19)30-16-3-2-11-28-12-14-29(15-13-28)24-6-4-5-23(26)25(24)27/h4-6,9-10,18H,1-3,7-8,11-17H2. The van der Waals surface area contributed by atoms with Gasteiger partial charge in [-0.1, -0.05) is 47.5 Å². The Labute approximate surface area is 190 Å². The van der Waals surface area contributed by atoms with Gasteiger partial charge >= 0.3 is 0 Å². The second-order valence-corrected chi connectivity index (χ2v) is 9.10. The van der Waals surface area contributed by atoms with E-state index in [0.717, 1.165) is 82.9 Å². The van der Waals surface area contributed by atoms with Gasteiger partial charge in [-0.2, -0.15) is 0 Å². The molecular weight excluding hydrogens is 415 g/mol. The van der Waals surface area contributed by atoms with Crippen molar-refractivity contribution in [1.29, 1.82) is 0 Å². The molecule has 1 fully saturated rings. The number of piperazine rings is 1. The zero-order valence-electron chi connectivity index (χ0n) is 17.5.